The van der Waals surface area contributed by atoms with E-state index in [9.17, 15) is 4.79 Å². The van der Waals surface area contributed by atoms with E-state index < -0.39 is 0 Å². The van der Waals surface area contributed by atoms with Crippen LogP contribution < -0.4 is 18.9 Å². The number of hydrogen-bond acceptors (Lipinski definition) is 6. The van der Waals surface area contributed by atoms with E-state index in [1.807, 2.05) is 6.07 Å². The molecule has 2 aromatic rings. The lowest BCUT2D eigenvalue weighted by Gasteiger charge is -2.46. The summed E-state index contributed by atoms with van der Waals surface area (Å²) in [5, 5.41) is 0. The summed E-state index contributed by atoms with van der Waals surface area (Å²) in [6.07, 6.45) is 1.70. The van der Waals surface area contributed by atoms with Gasteiger partial charge in [0, 0.05) is 30.9 Å². The van der Waals surface area contributed by atoms with Gasteiger partial charge in [0.2, 0.25) is 0 Å². The van der Waals surface area contributed by atoms with Gasteiger partial charge in [-0.2, -0.15) is 0 Å². The van der Waals surface area contributed by atoms with Crippen molar-refractivity contribution < 1.29 is 33.0 Å². The molecule has 0 amide bonds. The first kappa shape index (κ1) is 23.7. The molecule has 2 aromatic carbocycles. The van der Waals surface area contributed by atoms with Crippen molar-refractivity contribution in [1.82, 2.24) is 0 Å². The Morgan fingerprint density at radius 1 is 0.938 bits per heavy atom. The lowest BCUT2D eigenvalue weighted by Crippen LogP contribution is -2.52. The normalized spacial score (nSPS) is 19.6. The Balaban J connectivity index is 2.08. The first-order chi connectivity index (χ1) is 15.4. The molecule has 0 saturated heterocycles. The van der Waals surface area contributed by atoms with E-state index in [1.54, 1.807) is 28.4 Å². The van der Waals surface area contributed by atoms with Gasteiger partial charge >= 0.3 is 5.97 Å². The number of esters is 1. The van der Waals surface area contributed by atoms with Crippen molar-refractivity contribution in [3.63, 3.8) is 0 Å². The standard InChI is InChI=1S/C25H34NO6/c1-17(27)32-13-7-11-26(2)12-10-18-14-23(30-5)24(31-6)16-20(18)25(26)19-8-9-21(28-3)22(15-19)29-4/h8-9,14-16,25H,7,10-13H2,1-6H3/q+1. The predicted octanol–water partition coefficient (Wildman–Crippen LogP) is 3.77. The van der Waals surface area contributed by atoms with Crippen molar-refractivity contribution in [1.29, 1.82) is 0 Å². The van der Waals surface area contributed by atoms with E-state index in [0.717, 1.165) is 41.7 Å². The quantitative estimate of drug-likeness (QED) is 0.333. The minimum atomic E-state index is -0.245. The summed E-state index contributed by atoms with van der Waals surface area (Å²) < 4.78 is 28.2. The number of quaternary nitrogens is 1. The number of ether oxygens (including phenoxy) is 5. The van der Waals surface area contributed by atoms with Crippen molar-refractivity contribution >= 4 is 5.97 Å². The van der Waals surface area contributed by atoms with E-state index in [2.05, 4.69) is 31.3 Å². The second kappa shape index (κ2) is 10.1. The fourth-order valence-electron chi connectivity index (χ4n) is 4.69. The van der Waals surface area contributed by atoms with Crippen LogP contribution in [0.4, 0.5) is 0 Å². The molecule has 7 heteroatoms. The Kier molecular flexibility index (Phi) is 7.51. The molecule has 2 unspecified atom stereocenters. The first-order valence-corrected chi connectivity index (χ1v) is 10.8. The summed E-state index contributed by atoms with van der Waals surface area (Å²) in [7, 11) is 8.87. The van der Waals surface area contributed by atoms with Crippen molar-refractivity contribution in [2.24, 2.45) is 0 Å². The Labute approximate surface area is 190 Å². The minimum absolute atomic E-state index is 0.0516. The van der Waals surface area contributed by atoms with Crippen LogP contribution in [0.5, 0.6) is 23.0 Å². The Hall–Kier alpha value is -2.93. The average Bonchev–Trinajstić information content (AvgIpc) is 2.80. The van der Waals surface area contributed by atoms with E-state index >= 15 is 0 Å². The van der Waals surface area contributed by atoms with Gasteiger partial charge in [0.1, 0.15) is 6.04 Å². The third-order valence-electron chi connectivity index (χ3n) is 6.30. The number of methoxy groups -OCH3 is 4. The molecule has 0 aliphatic carbocycles. The molecule has 0 N–H and O–H groups in total. The highest BCUT2D eigenvalue weighted by Crippen LogP contribution is 2.45. The zero-order valence-corrected chi connectivity index (χ0v) is 19.9. The van der Waals surface area contributed by atoms with Gasteiger partial charge in [-0.1, -0.05) is 0 Å². The molecule has 1 aliphatic rings. The smallest absolute Gasteiger partial charge is 0.302 e. The maximum Gasteiger partial charge on any atom is 0.302 e. The van der Waals surface area contributed by atoms with E-state index in [0.29, 0.717) is 23.9 Å². The molecule has 174 valence electrons. The van der Waals surface area contributed by atoms with Crippen molar-refractivity contribution in [2.45, 2.75) is 25.8 Å². The molecule has 0 fully saturated rings. The Bertz CT molecular complexity index is 960. The van der Waals surface area contributed by atoms with Crippen LogP contribution in [0, 0.1) is 0 Å². The zero-order chi connectivity index (χ0) is 23.3. The van der Waals surface area contributed by atoms with Crippen molar-refractivity contribution in [3.8, 4) is 23.0 Å². The van der Waals surface area contributed by atoms with Crippen LogP contribution in [0.15, 0.2) is 30.3 Å². The number of rotatable bonds is 9. The summed E-state index contributed by atoms with van der Waals surface area (Å²) in [5.41, 5.74) is 3.58. The second-order valence-electron chi connectivity index (χ2n) is 8.29. The summed E-state index contributed by atoms with van der Waals surface area (Å²) >= 11 is 0. The van der Waals surface area contributed by atoms with Crippen LogP contribution >= 0.6 is 0 Å². The van der Waals surface area contributed by atoms with Crippen LogP contribution in [0.1, 0.15) is 36.1 Å². The molecule has 1 aliphatic heterocycles. The largest absolute Gasteiger partial charge is 0.493 e. The average molecular weight is 445 g/mol. The molecule has 3 rings (SSSR count). The van der Waals surface area contributed by atoms with Gasteiger partial charge in [-0.3, -0.25) is 4.79 Å². The van der Waals surface area contributed by atoms with E-state index in [4.69, 9.17) is 23.7 Å². The molecule has 0 aromatic heterocycles. The van der Waals surface area contributed by atoms with Crippen LogP contribution in [0.3, 0.4) is 0 Å². The minimum Gasteiger partial charge on any atom is -0.493 e. The van der Waals surface area contributed by atoms with Crippen LogP contribution in [0.25, 0.3) is 0 Å². The topological polar surface area (TPSA) is 63.2 Å². The van der Waals surface area contributed by atoms with Crippen molar-refractivity contribution in [3.05, 3.63) is 47.0 Å². The molecule has 0 radical (unpaired) electrons. The fraction of sp³-hybridized carbons (Fsp3) is 0.480. The second-order valence-corrected chi connectivity index (χ2v) is 8.29. The predicted molar refractivity (Wildman–Crippen MR) is 122 cm³/mol. The number of nitrogens with zero attached hydrogens (tertiary/aromatic N) is 1. The monoisotopic (exact) mass is 444 g/mol. The SMILES string of the molecule is COc1ccc(C2c3cc(OC)c(OC)cc3CC[N+]2(C)CCCOC(C)=O)cc1OC. The number of hydrogen-bond donors (Lipinski definition) is 0. The third-order valence-corrected chi connectivity index (χ3v) is 6.30. The van der Waals surface area contributed by atoms with E-state index in [-0.39, 0.29) is 12.0 Å². The highest BCUT2D eigenvalue weighted by atomic mass is 16.5. The molecule has 1 heterocycles. The molecule has 0 bridgehead atoms. The molecule has 32 heavy (non-hydrogen) atoms. The van der Waals surface area contributed by atoms with Crippen LogP contribution in [0.2, 0.25) is 0 Å². The highest BCUT2D eigenvalue weighted by Gasteiger charge is 2.41. The molecule has 0 spiro atoms. The molecular formula is C25H34NO6+. The van der Waals surface area contributed by atoms with Gasteiger partial charge in [0.25, 0.3) is 0 Å². The molecule has 0 saturated carbocycles. The van der Waals surface area contributed by atoms with Crippen molar-refractivity contribution in [2.75, 3.05) is 55.2 Å². The van der Waals surface area contributed by atoms with Gasteiger partial charge in [0.05, 0.1) is 55.2 Å². The van der Waals surface area contributed by atoms with Gasteiger partial charge in [-0.05, 0) is 35.9 Å². The number of likely N-dealkylation sites (N-methyl/N-ethyl adjacent to an activating group) is 1. The Morgan fingerprint density at radius 2 is 1.56 bits per heavy atom. The van der Waals surface area contributed by atoms with Gasteiger partial charge in [0.15, 0.2) is 23.0 Å². The van der Waals surface area contributed by atoms with Crippen LogP contribution in [-0.4, -0.2) is 65.6 Å². The first-order valence-electron chi connectivity index (χ1n) is 10.8. The number of fused-ring (bicyclic) bond motifs is 1. The van der Waals surface area contributed by atoms with Crippen LogP contribution in [-0.2, 0) is 16.0 Å². The molecular weight excluding hydrogens is 410 g/mol. The summed E-state index contributed by atoms with van der Waals surface area (Å²) in [5.74, 6) is 2.60. The molecule has 2 atom stereocenters. The zero-order valence-electron chi connectivity index (χ0n) is 19.9. The number of carbonyl (C=O) groups is 1. The van der Waals surface area contributed by atoms with E-state index in [1.165, 1.54) is 18.1 Å². The maximum atomic E-state index is 11.2. The summed E-state index contributed by atoms with van der Waals surface area (Å²) in [6, 6.07) is 10.3. The maximum absolute atomic E-state index is 11.2. The number of benzene rings is 2. The lowest BCUT2D eigenvalue weighted by atomic mass is 9.85. The van der Waals surface area contributed by atoms with Gasteiger partial charge < -0.3 is 28.2 Å². The number of carbonyl (C=O) groups excluding carboxylic acids is 1. The van der Waals surface area contributed by atoms with Gasteiger partial charge in [-0.15, -0.1) is 0 Å². The van der Waals surface area contributed by atoms with Gasteiger partial charge in [-0.25, -0.2) is 0 Å². The Morgan fingerprint density at radius 3 is 2.19 bits per heavy atom. The summed E-state index contributed by atoms with van der Waals surface area (Å²) in [6.45, 7) is 3.67. The molecule has 7 nitrogen and oxygen atoms in total. The fourth-order valence-corrected chi connectivity index (χ4v) is 4.69. The lowest BCUT2D eigenvalue weighted by molar-refractivity contribution is -0.935. The highest BCUT2D eigenvalue weighted by molar-refractivity contribution is 5.65. The summed E-state index contributed by atoms with van der Waals surface area (Å²) in [4.78, 5) is 11.2. The third kappa shape index (κ3) is 4.78.